The molecule has 0 saturated carbocycles. The summed E-state index contributed by atoms with van der Waals surface area (Å²) in [7, 11) is 0. The Balaban J connectivity index is 1.80. The van der Waals surface area contributed by atoms with Gasteiger partial charge in [-0.1, -0.05) is 46.3 Å². The quantitative estimate of drug-likeness (QED) is 0.611. The van der Waals surface area contributed by atoms with Gasteiger partial charge in [-0.25, -0.2) is 0 Å². The summed E-state index contributed by atoms with van der Waals surface area (Å²) in [5, 5.41) is 16.9. The second-order valence-electron chi connectivity index (χ2n) is 6.95. The monoisotopic (exact) mass is 424 g/mol. The van der Waals surface area contributed by atoms with Gasteiger partial charge in [0, 0.05) is 22.5 Å². The van der Waals surface area contributed by atoms with Crippen LogP contribution in [0.2, 0.25) is 0 Å². The van der Waals surface area contributed by atoms with Crippen molar-refractivity contribution in [3.8, 4) is 5.75 Å². The first-order chi connectivity index (χ1) is 13.1. The van der Waals surface area contributed by atoms with E-state index in [1.165, 1.54) is 0 Å². The molecule has 3 atom stereocenters. The second kappa shape index (κ2) is 7.24. The largest absolute Gasteiger partial charge is 0.508 e. The molecule has 0 aromatic heterocycles. The van der Waals surface area contributed by atoms with Crippen molar-refractivity contribution in [1.82, 2.24) is 5.32 Å². The number of carbonyl (C=O) groups is 1. The molecule has 2 aromatic carbocycles. The zero-order chi connectivity index (χ0) is 19.0. The summed E-state index contributed by atoms with van der Waals surface area (Å²) in [4.78, 5) is 12.7. The number of phenols is 1. The van der Waals surface area contributed by atoms with Crippen molar-refractivity contribution < 1.29 is 9.90 Å². The first kappa shape index (κ1) is 17.9. The van der Waals surface area contributed by atoms with Crippen molar-refractivity contribution in [3.63, 3.8) is 0 Å². The number of rotatable bonds is 4. The van der Waals surface area contributed by atoms with Crippen molar-refractivity contribution in [1.29, 1.82) is 0 Å². The number of amides is 1. The van der Waals surface area contributed by atoms with E-state index in [9.17, 15) is 9.90 Å². The highest BCUT2D eigenvalue weighted by molar-refractivity contribution is 9.10. The second-order valence-corrected chi connectivity index (χ2v) is 7.86. The molecule has 0 spiro atoms. The third kappa shape index (κ3) is 3.16. The van der Waals surface area contributed by atoms with Gasteiger partial charge in [0.25, 0.3) is 5.91 Å². The summed E-state index contributed by atoms with van der Waals surface area (Å²) in [6, 6.07) is 11.3. The molecule has 1 amide bonds. The zero-order valence-corrected chi connectivity index (χ0v) is 16.4. The molecule has 1 heterocycles. The summed E-state index contributed by atoms with van der Waals surface area (Å²) < 4.78 is 0.919. The van der Waals surface area contributed by atoms with E-state index in [-0.39, 0.29) is 23.6 Å². The summed E-state index contributed by atoms with van der Waals surface area (Å²) in [6.45, 7) is 4.08. The van der Waals surface area contributed by atoms with Gasteiger partial charge < -0.3 is 15.7 Å². The molecule has 0 radical (unpaired) electrons. The lowest BCUT2D eigenvalue weighted by molar-refractivity contribution is 0.0958. The average Bonchev–Trinajstić information content (AvgIpc) is 3.17. The van der Waals surface area contributed by atoms with E-state index in [0.29, 0.717) is 18.0 Å². The standard InChI is InChI=1S/C22H21BrN2O2/c1-2-11-24-22(27)17-8-4-7-15-14-5-3-6-16(14)21(25-20(15)17)18-12-13(23)9-10-19(18)26/h2-5,7-10,12,14,16,21,25-26H,1,6,11H2,(H,24,27). The van der Waals surface area contributed by atoms with Crippen LogP contribution < -0.4 is 10.6 Å². The van der Waals surface area contributed by atoms with Crippen LogP contribution in [-0.4, -0.2) is 17.6 Å². The van der Waals surface area contributed by atoms with Crippen LogP contribution in [-0.2, 0) is 0 Å². The lowest BCUT2D eigenvalue weighted by Crippen LogP contribution is -2.32. The Bertz CT molecular complexity index is 938. The van der Waals surface area contributed by atoms with Crippen LogP contribution in [0.4, 0.5) is 5.69 Å². The minimum atomic E-state index is -0.128. The van der Waals surface area contributed by atoms with Crippen molar-refractivity contribution in [2.45, 2.75) is 18.4 Å². The fourth-order valence-corrected chi connectivity index (χ4v) is 4.53. The number of benzene rings is 2. The van der Waals surface area contributed by atoms with Gasteiger partial charge in [-0.3, -0.25) is 4.79 Å². The molecule has 27 heavy (non-hydrogen) atoms. The molecule has 1 aliphatic heterocycles. The van der Waals surface area contributed by atoms with Crippen LogP contribution in [0.25, 0.3) is 0 Å². The number of aromatic hydroxyl groups is 1. The predicted octanol–water partition coefficient (Wildman–Crippen LogP) is 4.90. The topological polar surface area (TPSA) is 61.4 Å². The fourth-order valence-electron chi connectivity index (χ4n) is 4.15. The van der Waals surface area contributed by atoms with Gasteiger partial charge in [0.1, 0.15) is 5.75 Å². The number of hydrogen-bond donors (Lipinski definition) is 3. The first-order valence-electron chi connectivity index (χ1n) is 9.03. The number of phenolic OH excluding ortho intramolecular Hbond substituents is 1. The average molecular weight is 425 g/mol. The number of anilines is 1. The van der Waals surface area contributed by atoms with E-state index < -0.39 is 0 Å². The van der Waals surface area contributed by atoms with Crippen molar-refractivity contribution >= 4 is 27.5 Å². The lowest BCUT2D eigenvalue weighted by Gasteiger charge is -2.38. The fraction of sp³-hybridized carbons (Fsp3) is 0.227. The molecule has 4 rings (SSSR count). The maximum atomic E-state index is 12.7. The number of carbonyl (C=O) groups excluding carboxylic acids is 1. The van der Waals surface area contributed by atoms with E-state index in [0.717, 1.165) is 27.7 Å². The Labute approximate surface area is 167 Å². The molecule has 2 aromatic rings. The van der Waals surface area contributed by atoms with E-state index in [2.05, 4.69) is 51.4 Å². The van der Waals surface area contributed by atoms with Gasteiger partial charge in [0.15, 0.2) is 0 Å². The molecular weight excluding hydrogens is 404 g/mol. The van der Waals surface area contributed by atoms with Gasteiger partial charge in [-0.15, -0.1) is 6.58 Å². The maximum absolute atomic E-state index is 12.7. The molecule has 0 saturated heterocycles. The molecule has 1 aliphatic carbocycles. The summed E-state index contributed by atoms with van der Waals surface area (Å²) in [5.74, 6) is 0.649. The molecule has 5 heteroatoms. The first-order valence-corrected chi connectivity index (χ1v) is 9.83. The lowest BCUT2D eigenvalue weighted by atomic mass is 9.76. The number of allylic oxidation sites excluding steroid dienone is 2. The molecule has 3 N–H and O–H groups in total. The smallest absolute Gasteiger partial charge is 0.253 e. The molecule has 3 unspecified atom stereocenters. The van der Waals surface area contributed by atoms with Gasteiger partial charge in [-0.2, -0.15) is 0 Å². The van der Waals surface area contributed by atoms with Crippen LogP contribution in [0.15, 0.2) is 65.7 Å². The summed E-state index contributed by atoms with van der Waals surface area (Å²) in [6.07, 6.45) is 7.01. The predicted molar refractivity (Wildman–Crippen MR) is 111 cm³/mol. The highest BCUT2D eigenvalue weighted by atomic mass is 79.9. The molecule has 0 bridgehead atoms. The van der Waals surface area contributed by atoms with Crippen molar-refractivity contribution in [2.24, 2.45) is 5.92 Å². The molecule has 0 fully saturated rings. The summed E-state index contributed by atoms with van der Waals surface area (Å²) in [5.41, 5.74) is 3.43. The number of hydrogen-bond acceptors (Lipinski definition) is 3. The Kier molecular flexibility index (Phi) is 4.79. The van der Waals surface area contributed by atoms with E-state index in [4.69, 9.17) is 0 Å². The van der Waals surface area contributed by atoms with Crippen LogP contribution in [0.1, 0.15) is 39.9 Å². The normalized spacial score (nSPS) is 22.5. The van der Waals surface area contributed by atoms with Gasteiger partial charge in [0.05, 0.1) is 17.3 Å². The van der Waals surface area contributed by atoms with Gasteiger partial charge >= 0.3 is 0 Å². The highest BCUT2D eigenvalue weighted by Gasteiger charge is 2.40. The molecular formula is C22H21BrN2O2. The Morgan fingerprint density at radius 3 is 3.00 bits per heavy atom. The zero-order valence-electron chi connectivity index (χ0n) is 14.8. The SMILES string of the molecule is C=CCNC(=O)c1cccc2c1NC(c1cc(Br)ccc1O)C1CC=CC21. The van der Waals surface area contributed by atoms with E-state index in [1.807, 2.05) is 24.3 Å². The third-order valence-corrected chi connectivity index (χ3v) is 5.87. The third-order valence-electron chi connectivity index (χ3n) is 5.37. The van der Waals surface area contributed by atoms with Crippen LogP contribution in [0, 0.1) is 5.92 Å². The minimum absolute atomic E-state index is 0.0802. The Hall–Kier alpha value is -2.53. The minimum Gasteiger partial charge on any atom is -0.508 e. The van der Waals surface area contributed by atoms with Crippen molar-refractivity contribution in [3.05, 3.63) is 82.4 Å². The van der Waals surface area contributed by atoms with E-state index in [1.54, 1.807) is 12.1 Å². The Morgan fingerprint density at radius 1 is 1.33 bits per heavy atom. The Morgan fingerprint density at radius 2 is 2.19 bits per heavy atom. The number of fused-ring (bicyclic) bond motifs is 3. The van der Waals surface area contributed by atoms with Gasteiger partial charge in [-0.05, 0) is 42.2 Å². The number of halogens is 1. The number of para-hydroxylation sites is 1. The molecule has 2 aliphatic rings. The van der Waals surface area contributed by atoms with E-state index >= 15 is 0 Å². The number of nitrogens with one attached hydrogen (secondary N) is 2. The molecule has 4 nitrogen and oxygen atoms in total. The molecule has 138 valence electrons. The summed E-state index contributed by atoms with van der Waals surface area (Å²) >= 11 is 3.51. The highest BCUT2D eigenvalue weighted by Crippen LogP contribution is 2.52. The van der Waals surface area contributed by atoms with Gasteiger partial charge in [0.2, 0.25) is 0 Å². The maximum Gasteiger partial charge on any atom is 0.253 e. The van der Waals surface area contributed by atoms with Crippen LogP contribution >= 0.6 is 15.9 Å². The van der Waals surface area contributed by atoms with Crippen LogP contribution in [0.5, 0.6) is 5.75 Å². The van der Waals surface area contributed by atoms with Crippen LogP contribution in [0.3, 0.4) is 0 Å². The van der Waals surface area contributed by atoms with Crippen molar-refractivity contribution in [2.75, 3.05) is 11.9 Å².